The Bertz CT molecular complexity index is 539. The summed E-state index contributed by atoms with van der Waals surface area (Å²) >= 11 is 0. The number of rotatable bonds is 2. The van der Waals surface area contributed by atoms with E-state index in [-0.39, 0.29) is 5.78 Å². The van der Waals surface area contributed by atoms with Crippen LogP contribution in [0, 0.1) is 19.3 Å². The van der Waals surface area contributed by atoms with Gasteiger partial charge in [-0.25, -0.2) is 4.79 Å². The fraction of sp³-hybridized carbons (Fsp3) is 0.625. The molecule has 0 amide bonds. The number of Topliss-reactive ketones (excluding diaryl/α,β-unsaturated/α-hetero) is 1. The molecule has 0 bridgehead atoms. The Hall–Kier alpha value is -1.58. The number of ether oxygens (including phenoxy) is 1. The molecule has 0 radical (unpaired) electrons. The summed E-state index contributed by atoms with van der Waals surface area (Å²) in [6, 6.07) is 0. The third-order valence-corrected chi connectivity index (χ3v) is 2.95. The largest absolute Gasteiger partial charge is 0.455 e. The number of nitrogens with one attached hydrogen (secondary N) is 1. The number of aromatic amines is 1. The quantitative estimate of drug-likeness (QED) is 0.661. The van der Waals surface area contributed by atoms with Crippen molar-refractivity contribution < 1.29 is 14.3 Å². The highest BCUT2D eigenvalue weighted by molar-refractivity contribution is 6.04. The van der Waals surface area contributed by atoms with Crippen LogP contribution >= 0.6 is 0 Å². The topological polar surface area (TPSA) is 59.2 Å². The maximum absolute atomic E-state index is 12.5. The summed E-state index contributed by atoms with van der Waals surface area (Å²) in [5.74, 6) is -0.399. The van der Waals surface area contributed by atoms with Gasteiger partial charge in [0.05, 0.1) is 0 Å². The van der Waals surface area contributed by atoms with E-state index in [0.29, 0.717) is 22.5 Å². The first kappa shape index (κ1) is 16.5. The molecule has 0 aliphatic rings. The van der Waals surface area contributed by atoms with E-state index in [2.05, 4.69) is 4.98 Å². The van der Waals surface area contributed by atoms with Gasteiger partial charge < -0.3 is 9.72 Å². The number of H-pyrrole nitrogens is 1. The highest BCUT2D eigenvalue weighted by Gasteiger charge is 2.30. The highest BCUT2D eigenvalue weighted by Crippen LogP contribution is 2.28. The summed E-state index contributed by atoms with van der Waals surface area (Å²) in [4.78, 5) is 27.6. The van der Waals surface area contributed by atoms with Crippen LogP contribution in [0.2, 0.25) is 0 Å². The molecule has 0 fully saturated rings. The van der Waals surface area contributed by atoms with Gasteiger partial charge >= 0.3 is 5.97 Å². The van der Waals surface area contributed by atoms with Gasteiger partial charge in [0.1, 0.15) is 11.3 Å². The van der Waals surface area contributed by atoms with Crippen LogP contribution in [0.4, 0.5) is 0 Å². The molecule has 0 aromatic carbocycles. The zero-order valence-electron chi connectivity index (χ0n) is 13.7. The zero-order chi connectivity index (χ0) is 15.9. The Morgan fingerprint density at radius 2 is 1.50 bits per heavy atom. The SMILES string of the molecule is Cc1[nH]c(C(=O)OC(C)(C)C)c(C)c1C(=O)C(C)(C)C. The lowest BCUT2D eigenvalue weighted by molar-refractivity contribution is 0.00626. The van der Waals surface area contributed by atoms with Gasteiger partial charge in [0, 0.05) is 16.7 Å². The monoisotopic (exact) mass is 279 g/mol. The van der Waals surface area contributed by atoms with Gasteiger partial charge in [-0.05, 0) is 40.2 Å². The molecule has 0 saturated carbocycles. The standard InChI is InChI=1S/C16H25NO3/c1-9-11(13(18)15(3,4)5)10(2)17-12(9)14(19)20-16(6,7)8/h17H,1-8H3. The number of ketones is 1. The number of aryl methyl sites for hydroxylation is 1. The molecule has 1 aromatic rings. The minimum atomic E-state index is -0.559. The average molecular weight is 279 g/mol. The summed E-state index contributed by atoms with van der Waals surface area (Å²) in [5.41, 5.74) is 1.29. The highest BCUT2D eigenvalue weighted by atomic mass is 16.6. The molecule has 4 heteroatoms. The van der Waals surface area contributed by atoms with Crippen LogP contribution in [-0.2, 0) is 4.74 Å². The van der Waals surface area contributed by atoms with Gasteiger partial charge in [0.2, 0.25) is 0 Å². The Labute approximate surface area is 120 Å². The number of carbonyl (C=O) groups excluding carboxylic acids is 2. The van der Waals surface area contributed by atoms with Crippen molar-refractivity contribution in [1.29, 1.82) is 0 Å². The first-order chi connectivity index (χ1) is 8.84. The second-order valence-corrected chi connectivity index (χ2v) is 7.21. The molecule has 1 N–H and O–H groups in total. The lowest BCUT2D eigenvalue weighted by Gasteiger charge is -2.19. The van der Waals surface area contributed by atoms with E-state index in [1.165, 1.54) is 0 Å². The van der Waals surface area contributed by atoms with Crippen LogP contribution in [0.25, 0.3) is 0 Å². The van der Waals surface area contributed by atoms with E-state index in [1.807, 2.05) is 41.5 Å². The number of hydrogen-bond acceptors (Lipinski definition) is 3. The van der Waals surface area contributed by atoms with Gasteiger partial charge in [0.25, 0.3) is 0 Å². The first-order valence-corrected chi connectivity index (χ1v) is 6.82. The lowest BCUT2D eigenvalue weighted by Crippen LogP contribution is -2.25. The lowest BCUT2D eigenvalue weighted by atomic mass is 9.85. The summed E-state index contributed by atoms with van der Waals surface area (Å²) in [7, 11) is 0. The number of esters is 1. The van der Waals surface area contributed by atoms with Crippen LogP contribution in [0.1, 0.15) is 73.6 Å². The normalized spacial score (nSPS) is 12.4. The fourth-order valence-electron chi connectivity index (χ4n) is 2.00. The molecule has 1 rings (SSSR count). The predicted octanol–water partition coefficient (Wildman–Crippen LogP) is 3.82. The molecular formula is C16H25NO3. The van der Waals surface area contributed by atoms with E-state index < -0.39 is 17.0 Å². The minimum Gasteiger partial charge on any atom is -0.455 e. The van der Waals surface area contributed by atoms with Crippen LogP contribution in [0.3, 0.4) is 0 Å². The number of hydrogen-bond donors (Lipinski definition) is 1. The minimum absolute atomic E-state index is 0.0264. The van der Waals surface area contributed by atoms with Crippen LogP contribution in [0.5, 0.6) is 0 Å². The second kappa shape index (κ2) is 5.08. The average Bonchev–Trinajstić information content (AvgIpc) is 2.49. The molecule has 0 atom stereocenters. The maximum Gasteiger partial charge on any atom is 0.355 e. The van der Waals surface area contributed by atoms with Gasteiger partial charge in [0.15, 0.2) is 5.78 Å². The molecule has 0 spiro atoms. The molecule has 0 saturated heterocycles. The molecule has 1 heterocycles. The van der Waals surface area contributed by atoms with Crippen molar-refractivity contribution in [3.63, 3.8) is 0 Å². The van der Waals surface area contributed by atoms with Gasteiger partial charge in [-0.15, -0.1) is 0 Å². The molecule has 0 aliphatic heterocycles. The third kappa shape index (κ3) is 3.50. The maximum atomic E-state index is 12.5. The zero-order valence-corrected chi connectivity index (χ0v) is 13.7. The summed E-state index contributed by atoms with van der Waals surface area (Å²) in [6.45, 7) is 14.6. The van der Waals surface area contributed by atoms with E-state index in [9.17, 15) is 9.59 Å². The molecule has 20 heavy (non-hydrogen) atoms. The molecular weight excluding hydrogens is 254 g/mol. The van der Waals surface area contributed by atoms with Crippen molar-refractivity contribution in [2.45, 2.75) is 61.0 Å². The van der Waals surface area contributed by atoms with Crippen LogP contribution in [-0.4, -0.2) is 22.3 Å². The first-order valence-electron chi connectivity index (χ1n) is 6.82. The summed E-state index contributed by atoms with van der Waals surface area (Å²) in [5, 5.41) is 0. The van der Waals surface area contributed by atoms with E-state index in [0.717, 1.165) is 0 Å². The van der Waals surface area contributed by atoms with E-state index in [1.54, 1.807) is 13.8 Å². The third-order valence-electron chi connectivity index (χ3n) is 2.95. The van der Waals surface area contributed by atoms with E-state index >= 15 is 0 Å². The predicted molar refractivity (Wildman–Crippen MR) is 79.2 cm³/mol. The number of carbonyl (C=O) groups is 2. The molecule has 0 aliphatic carbocycles. The molecule has 0 unspecified atom stereocenters. The van der Waals surface area contributed by atoms with Crippen molar-refractivity contribution in [3.05, 3.63) is 22.5 Å². The fourth-order valence-corrected chi connectivity index (χ4v) is 2.00. The Balaban J connectivity index is 3.23. The summed E-state index contributed by atoms with van der Waals surface area (Å²) in [6.07, 6.45) is 0. The van der Waals surface area contributed by atoms with Crippen LogP contribution < -0.4 is 0 Å². The molecule has 112 valence electrons. The Morgan fingerprint density at radius 1 is 1.00 bits per heavy atom. The van der Waals surface area contributed by atoms with Gasteiger partial charge in [-0.1, -0.05) is 20.8 Å². The summed E-state index contributed by atoms with van der Waals surface area (Å²) < 4.78 is 5.36. The van der Waals surface area contributed by atoms with Crippen molar-refractivity contribution in [3.8, 4) is 0 Å². The van der Waals surface area contributed by atoms with Gasteiger partial charge in [-0.3, -0.25) is 4.79 Å². The van der Waals surface area contributed by atoms with Crippen LogP contribution in [0.15, 0.2) is 0 Å². The smallest absolute Gasteiger partial charge is 0.355 e. The van der Waals surface area contributed by atoms with Crippen molar-refractivity contribution in [2.75, 3.05) is 0 Å². The van der Waals surface area contributed by atoms with E-state index in [4.69, 9.17) is 4.74 Å². The number of aromatic nitrogens is 1. The Morgan fingerprint density at radius 3 is 1.90 bits per heavy atom. The second-order valence-electron chi connectivity index (χ2n) is 7.21. The van der Waals surface area contributed by atoms with Crippen molar-refractivity contribution >= 4 is 11.8 Å². The van der Waals surface area contributed by atoms with Crippen molar-refractivity contribution in [2.24, 2.45) is 5.41 Å². The molecule has 4 nitrogen and oxygen atoms in total. The Kier molecular flexibility index (Phi) is 4.18. The van der Waals surface area contributed by atoms with Crippen molar-refractivity contribution in [1.82, 2.24) is 4.98 Å². The van der Waals surface area contributed by atoms with Gasteiger partial charge in [-0.2, -0.15) is 0 Å². The molecule has 1 aromatic heterocycles.